The molecule has 0 N–H and O–H groups in total. The average Bonchev–Trinajstić information content (AvgIpc) is 2.95. The minimum Gasteiger partial charge on any atom is -0.454 e. The van der Waals surface area contributed by atoms with Crippen LogP contribution in [0.5, 0.6) is 0 Å². The summed E-state index contributed by atoms with van der Waals surface area (Å²) < 4.78 is 6.21. The molecule has 5 atom stereocenters. The van der Waals surface area contributed by atoms with Gasteiger partial charge in [-0.2, -0.15) is 0 Å². The van der Waals surface area contributed by atoms with Crippen molar-refractivity contribution in [1.29, 1.82) is 0 Å². The number of esters is 1. The lowest BCUT2D eigenvalue weighted by Crippen LogP contribution is -2.45. The molecule has 2 saturated carbocycles. The third kappa shape index (κ3) is 2.19. The molecular formula is C23H28O2. The Balaban J connectivity index is 1.66. The molecule has 1 aliphatic heterocycles. The number of allylic oxidation sites excluding steroid dienone is 2. The number of hydrogen-bond acceptors (Lipinski definition) is 2. The third-order valence-electron chi connectivity index (χ3n) is 7.55. The van der Waals surface area contributed by atoms with Gasteiger partial charge in [0.1, 0.15) is 5.60 Å². The summed E-state index contributed by atoms with van der Waals surface area (Å²) in [5, 5.41) is 0. The van der Waals surface area contributed by atoms with Crippen molar-refractivity contribution in [3.05, 3.63) is 47.0 Å². The Morgan fingerprint density at radius 1 is 0.920 bits per heavy atom. The molecule has 132 valence electrons. The van der Waals surface area contributed by atoms with Crippen molar-refractivity contribution in [3.8, 4) is 0 Å². The summed E-state index contributed by atoms with van der Waals surface area (Å²) >= 11 is 0. The van der Waals surface area contributed by atoms with Crippen LogP contribution < -0.4 is 0 Å². The van der Waals surface area contributed by atoms with Crippen molar-refractivity contribution in [1.82, 2.24) is 0 Å². The van der Waals surface area contributed by atoms with Gasteiger partial charge in [0, 0.05) is 5.92 Å². The number of benzene rings is 1. The first-order valence-corrected chi connectivity index (χ1v) is 10.2. The van der Waals surface area contributed by atoms with Crippen molar-refractivity contribution in [2.45, 2.75) is 63.9 Å². The standard InChI is InChI=1S/C23H28O2/c1-23(15-9-3-2-4-10-15)21-19-14-8-6-12-17(19)16-11-5-7-13-18(16)20(21)22(24)25-23/h2-4,9-10,18-21H,5-8,11-14H2,1H3/t18-,19-,20-,21-,23-/m1/s1. The molecule has 0 unspecified atom stereocenters. The van der Waals surface area contributed by atoms with E-state index in [0.717, 1.165) is 0 Å². The van der Waals surface area contributed by atoms with Gasteiger partial charge in [0.2, 0.25) is 0 Å². The van der Waals surface area contributed by atoms with Crippen LogP contribution in [-0.4, -0.2) is 5.97 Å². The van der Waals surface area contributed by atoms with E-state index < -0.39 is 5.60 Å². The first kappa shape index (κ1) is 15.7. The number of cyclic esters (lactones) is 1. The van der Waals surface area contributed by atoms with Crippen LogP contribution in [-0.2, 0) is 15.1 Å². The average molecular weight is 336 g/mol. The Morgan fingerprint density at radius 2 is 1.56 bits per heavy atom. The van der Waals surface area contributed by atoms with E-state index in [4.69, 9.17) is 4.74 Å². The van der Waals surface area contributed by atoms with E-state index in [2.05, 4.69) is 31.2 Å². The molecule has 2 heteroatoms. The Kier molecular flexibility index (Phi) is 3.59. The van der Waals surface area contributed by atoms with E-state index in [1.807, 2.05) is 6.07 Å². The van der Waals surface area contributed by atoms with Crippen LogP contribution in [0.15, 0.2) is 41.5 Å². The van der Waals surface area contributed by atoms with Crippen LogP contribution in [0.1, 0.15) is 63.9 Å². The monoisotopic (exact) mass is 336 g/mol. The molecule has 1 aromatic rings. The number of rotatable bonds is 1. The van der Waals surface area contributed by atoms with Gasteiger partial charge < -0.3 is 4.74 Å². The fourth-order valence-electron chi connectivity index (χ4n) is 6.57. The number of ether oxygens (including phenoxy) is 1. The molecule has 3 aliphatic carbocycles. The minimum atomic E-state index is -0.459. The highest BCUT2D eigenvalue weighted by Crippen LogP contribution is 2.61. The molecule has 1 aromatic carbocycles. The molecule has 1 heterocycles. The van der Waals surface area contributed by atoms with Crippen LogP contribution in [0.2, 0.25) is 0 Å². The molecule has 0 radical (unpaired) electrons. The van der Waals surface area contributed by atoms with Gasteiger partial charge in [-0.1, -0.05) is 54.3 Å². The van der Waals surface area contributed by atoms with Crippen LogP contribution in [0.25, 0.3) is 0 Å². The highest BCUT2D eigenvalue weighted by Gasteiger charge is 2.62. The second-order valence-electron chi connectivity index (χ2n) is 8.70. The lowest BCUT2D eigenvalue weighted by atomic mass is 9.54. The Labute approximate surface area is 150 Å². The maximum Gasteiger partial charge on any atom is 0.310 e. The molecule has 0 aromatic heterocycles. The number of carbonyl (C=O) groups excluding carboxylic acids is 1. The van der Waals surface area contributed by atoms with Gasteiger partial charge in [-0.25, -0.2) is 0 Å². The predicted octanol–water partition coefficient (Wildman–Crippen LogP) is 5.38. The smallest absolute Gasteiger partial charge is 0.310 e. The molecule has 1 saturated heterocycles. The molecule has 5 rings (SSSR count). The fraction of sp³-hybridized carbons (Fsp3) is 0.609. The van der Waals surface area contributed by atoms with E-state index in [9.17, 15) is 4.79 Å². The van der Waals surface area contributed by atoms with Gasteiger partial charge >= 0.3 is 5.97 Å². The molecule has 2 nitrogen and oxygen atoms in total. The Morgan fingerprint density at radius 3 is 2.28 bits per heavy atom. The van der Waals surface area contributed by atoms with Crippen molar-refractivity contribution in [2.24, 2.45) is 23.7 Å². The SMILES string of the molecule is C[C@]1(c2ccccc2)OC(=O)[C@H]2[C@H]1[C@@H]1CCCCC1=C1CCCC[C@H]12. The number of hydrogen-bond donors (Lipinski definition) is 0. The zero-order valence-electron chi connectivity index (χ0n) is 15.2. The second kappa shape index (κ2) is 5.72. The van der Waals surface area contributed by atoms with Crippen molar-refractivity contribution >= 4 is 5.97 Å². The molecule has 0 spiro atoms. The van der Waals surface area contributed by atoms with E-state index >= 15 is 0 Å². The van der Waals surface area contributed by atoms with E-state index in [0.29, 0.717) is 17.8 Å². The Bertz CT molecular complexity index is 719. The van der Waals surface area contributed by atoms with Crippen LogP contribution in [0.4, 0.5) is 0 Å². The summed E-state index contributed by atoms with van der Waals surface area (Å²) in [6.45, 7) is 2.19. The highest BCUT2D eigenvalue weighted by molar-refractivity contribution is 5.78. The lowest BCUT2D eigenvalue weighted by molar-refractivity contribution is -0.151. The van der Waals surface area contributed by atoms with Crippen LogP contribution in [0.3, 0.4) is 0 Å². The van der Waals surface area contributed by atoms with Crippen molar-refractivity contribution in [2.75, 3.05) is 0 Å². The van der Waals surface area contributed by atoms with E-state index in [1.54, 1.807) is 11.1 Å². The maximum absolute atomic E-state index is 13.1. The molecule has 3 fully saturated rings. The first-order valence-electron chi connectivity index (χ1n) is 10.2. The zero-order valence-corrected chi connectivity index (χ0v) is 15.2. The van der Waals surface area contributed by atoms with Crippen LogP contribution in [0, 0.1) is 23.7 Å². The predicted molar refractivity (Wildman–Crippen MR) is 97.8 cm³/mol. The first-order chi connectivity index (χ1) is 12.2. The summed E-state index contributed by atoms with van der Waals surface area (Å²) in [4.78, 5) is 13.1. The summed E-state index contributed by atoms with van der Waals surface area (Å²) in [6.07, 6.45) is 10.1. The molecule has 25 heavy (non-hydrogen) atoms. The minimum absolute atomic E-state index is 0.0744. The highest BCUT2D eigenvalue weighted by atomic mass is 16.6. The zero-order chi connectivity index (χ0) is 17.0. The third-order valence-corrected chi connectivity index (χ3v) is 7.55. The summed E-state index contributed by atoms with van der Waals surface area (Å²) in [5.74, 6) is 1.50. The number of fused-ring (bicyclic) bond motifs is 5. The maximum atomic E-state index is 13.1. The largest absolute Gasteiger partial charge is 0.454 e. The van der Waals surface area contributed by atoms with E-state index in [-0.39, 0.29) is 11.9 Å². The van der Waals surface area contributed by atoms with Gasteiger partial charge in [0.05, 0.1) is 5.92 Å². The summed E-state index contributed by atoms with van der Waals surface area (Å²) in [7, 11) is 0. The summed E-state index contributed by atoms with van der Waals surface area (Å²) in [5.41, 5.74) is 4.13. The number of carbonyl (C=O) groups is 1. The Hall–Kier alpha value is -1.57. The van der Waals surface area contributed by atoms with Gasteiger partial charge in [-0.05, 0) is 62.8 Å². The van der Waals surface area contributed by atoms with E-state index in [1.165, 1.54) is 56.9 Å². The van der Waals surface area contributed by atoms with Gasteiger partial charge in [-0.3, -0.25) is 4.79 Å². The van der Waals surface area contributed by atoms with Crippen LogP contribution >= 0.6 is 0 Å². The molecule has 0 amide bonds. The normalized spacial score (nSPS) is 40.1. The quantitative estimate of drug-likeness (QED) is 0.508. The van der Waals surface area contributed by atoms with Crippen molar-refractivity contribution in [3.63, 3.8) is 0 Å². The second-order valence-corrected chi connectivity index (χ2v) is 8.70. The fourth-order valence-corrected chi connectivity index (χ4v) is 6.57. The molecule has 4 aliphatic rings. The van der Waals surface area contributed by atoms with Gasteiger partial charge in [0.15, 0.2) is 0 Å². The van der Waals surface area contributed by atoms with Crippen molar-refractivity contribution < 1.29 is 9.53 Å². The molecular weight excluding hydrogens is 308 g/mol. The lowest BCUT2D eigenvalue weighted by Gasteiger charge is -2.48. The molecule has 0 bridgehead atoms. The van der Waals surface area contributed by atoms with Gasteiger partial charge in [0.25, 0.3) is 0 Å². The van der Waals surface area contributed by atoms with Gasteiger partial charge in [-0.15, -0.1) is 0 Å². The summed E-state index contributed by atoms with van der Waals surface area (Å²) in [6, 6.07) is 10.5. The topological polar surface area (TPSA) is 26.3 Å².